The number of furan rings is 1. The van der Waals surface area contributed by atoms with Crippen LogP contribution in [0, 0.1) is 28.6 Å². The summed E-state index contributed by atoms with van der Waals surface area (Å²) in [6, 6.07) is 13.4. The van der Waals surface area contributed by atoms with Crippen LogP contribution in [0.1, 0.15) is 38.9 Å². The molecule has 7 nitrogen and oxygen atoms in total. The molecule has 0 spiro atoms. The normalized spacial score (nSPS) is 42.5. The van der Waals surface area contributed by atoms with Crippen molar-refractivity contribution in [2.24, 2.45) is 28.6 Å². The summed E-state index contributed by atoms with van der Waals surface area (Å²) >= 11 is 0. The van der Waals surface area contributed by atoms with Crippen LogP contribution in [-0.2, 0) is 21.0 Å². The Morgan fingerprint density at radius 2 is 1.88 bits per heavy atom. The molecule has 0 amide bonds. The predicted molar refractivity (Wildman–Crippen MR) is 148 cm³/mol. The van der Waals surface area contributed by atoms with Gasteiger partial charge >= 0.3 is 0 Å². The molecule has 5 aliphatic rings. The van der Waals surface area contributed by atoms with Gasteiger partial charge in [-0.25, -0.2) is 8.78 Å². The Kier molecular flexibility index (Phi) is 6.13. The van der Waals surface area contributed by atoms with E-state index < -0.39 is 70.3 Å². The van der Waals surface area contributed by atoms with Crippen LogP contribution in [0.5, 0.6) is 0 Å². The van der Waals surface area contributed by atoms with Gasteiger partial charge in [-0.05, 0) is 62.0 Å². The summed E-state index contributed by atoms with van der Waals surface area (Å²) in [6.45, 7) is 3.19. The average molecular weight is 580 g/mol. The third-order valence-corrected chi connectivity index (χ3v) is 11.3. The molecule has 222 valence electrons. The molecule has 0 bridgehead atoms. The molecule has 7 rings (SSSR count). The van der Waals surface area contributed by atoms with Crippen molar-refractivity contribution < 1.29 is 37.8 Å². The van der Waals surface area contributed by atoms with Crippen molar-refractivity contribution in [3.05, 3.63) is 72.0 Å². The molecule has 4 aliphatic carbocycles. The fraction of sp³-hybridized carbons (Fsp3) is 0.515. The zero-order valence-electron chi connectivity index (χ0n) is 23.6. The Hall–Kier alpha value is -2.98. The van der Waals surface area contributed by atoms with Gasteiger partial charge in [0.2, 0.25) is 0 Å². The molecular weight excluding hydrogens is 544 g/mol. The second kappa shape index (κ2) is 9.26. The van der Waals surface area contributed by atoms with E-state index in [2.05, 4.69) is 0 Å². The second-order valence-corrected chi connectivity index (χ2v) is 13.2. The Bertz CT molecular complexity index is 1500. The number of hydrogen-bond donors (Lipinski definition) is 2. The summed E-state index contributed by atoms with van der Waals surface area (Å²) in [5.41, 5.74) is -5.34. The van der Waals surface area contributed by atoms with E-state index >= 15 is 8.78 Å². The number of aliphatic hydroxyl groups excluding tert-OH is 2. The highest BCUT2D eigenvalue weighted by atomic mass is 19.1. The summed E-state index contributed by atoms with van der Waals surface area (Å²) in [5, 5.41) is 23.4. The number of hydrogen-bond acceptors (Lipinski definition) is 7. The number of ketones is 2. The average Bonchev–Trinajstić information content (AvgIpc) is 3.65. The number of aliphatic hydroxyl groups is 2. The van der Waals surface area contributed by atoms with Crippen molar-refractivity contribution in [3.63, 3.8) is 0 Å². The van der Waals surface area contributed by atoms with Crippen LogP contribution in [0.3, 0.4) is 0 Å². The largest absolute Gasteiger partial charge is 0.460 e. The number of carbonyl (C=O) groups excluding carboxylic acids is 2. The monoisotopic (exact) mass is 579 g/mol. The number of allylic oxidation sites excluding steroid dienone is 4. The number of alkyl halides is 2. The fourth-order valence-electron chi connectivity index (χ4n) is 9.43. The summed E-state index contributed by atoms with van der Waals surface area (Å²) in [7, 11) is 0. The highest BCUT2D eigenvalue weighted by Gasteiger charge is 2.79. The van der Waals surface area contributed by atoms with E-state index in [0.717, 1.165) is 5.56 Å². The lowest BCUT2D eigenvalue weighted by atomic mass is 9.44. The smallest absolute Gasteiger partial charge is 0.192 e. The molecule has 1 unspecified atom stereocenters. The number of hydroxylamine groups is 2. The second-order valence-electron chi connectivity index (χ2n) is 13.2. The van der Waals surface area contributed by atoms with Crippen LogP contribution in [0.2, 0.25) is 0 Å². The third-order valence-electron chi connectivity index (χ3n) is 11.3. The number of nitrogens with zero attached hydrogens (tertiary/aromatic N) is 1. The van der Waals surface area contributed by atoms with E-state index in [1.165, 1.54) is 18.2 Å². The predicted octanol–water partition coefficient (Wildman–Crippen LogP) is 4.54. The number of halogens is 2. The van der Waals surface area contributed by atoms with Crippen LogP contribution >= 0.6 is 0 Å². The number of benzene rings is 1. The minimum absolute atomic E-state index is 0.0616. The zero-order valence-corrected chi connectivity index (χ0v) is 23.6. The molecule has 1 aromatic carbocycles. The Morgan fingerprint density at radius 1 is 1.12 bits per heavy atom. The van der Waals surface area contributed by atoms with Crippen LogP contribution in [0.4, 0.5) is 8.78 Å². The van der Waals surface area contributed by atoms with Crippen molar-refractivity contribution in [3.8, 4) is 11.3 Å². The minimum Gasteiger partial charge on any atom is -0.460 e. The molecule has 4 fully saturated rings. The lowest BCUT2D eigenvalue weighted by Crippen LogP contribution is -2.70. The Morgan fingerprint density at radius 3 is 2.62 bits per heavy atom. The van der Waals surface area contributed by atoms with E-state index in [1.54, 1.807) is 12.0 Å². The first-order valence-corrected chi connectivity index (χ1v) is 14.7. The molecule has 2 heterocycles. The van der Waals surface area contributed by atoms with Gasteiger partial charge in [-0.2, -0.15) is 5.06 Å². The van der Waals surface area contributed by atoms with Crippen LogP contribution in [-0.4, -0.2) is 63.5 Å². The first-order chi connectivity index (χ1) is 20.0. The van der Waals surface area contributed by atoms with Gasteiger partial charge in [0.15, 0.2) is 22.8 Å². The maximum Gasteiger partial charge on any atom is 0.192 e. The summed E-state index contributed by atoms with van der Waals surface area (Å²) < 4.78 is 39.3. The van der Waals surface area contributed by atoms with Gasteiger partial charge in [-0.1, -0.05) is 43.3 Å². The molecule has 3 saturated carbocycles. The molecule has 0 radical (unpaired) electrons. The molecule has 1 aromatic heterocycles. The Labute approximate surface area is 242 Å². The number of carbonyl (C=O) groups is 2. The fourth-order valence-corrected chi connectivity index (χ4v) is 9.43. The Balaban J connectivity index is 1.22. The minimum atomic E-state index is -2.24. The zero-order chi connectivity index (χ0) is 29.7. The first kappa shape index (κ1) is 27.8. The molecule has 2 N–H and O–H groups in total. The topological polar surface area (TPSA) is 100 Å². The van der Waals surface area contributed by atoms with E-state index in [9.17, 15) is 19.8 Å². The maximum atomic E-state index is 17.5. The number of Topliss-reactive ketones (excluding diaryl/α,β-unsaturated/α-hetero) is 1. The molecule has 42 heavy (non-hydrogen) atoms. The molecule has 1 aliphatic heterocycles. The molecular formula is C33H35F2NO6. The van der Waals surface area contributed by atoms with Crippen LogP contribution < -0.4 is 0 Å². The maximum absolute atomic E-state index is 17.5. The molecule has 2 aromatic rings. The van der Waals surface area contributed by atoms with E-state index in [-0.39, 0.29) is 25.0 Å². The van der Waals surface area contributed by atoms with Gasteiger partial charge in [0, 0.05) is 34.8 Å². The van der Waals surface area contributed by atoms with Gasteiger partial charge in [-0.15, -0.1) is 0 Å². The summed E-state index contributed by atoms with van der Waals surface area (Å²) in [4.78, 5) is 32.3. The van der Waals surface area contributed by atoms with Crippen molar-refractivity contribution >= 4 is 11.6 Å². The van der Waals surface area contributed by atoms with Crippen LogP contribution in [0.15, 0.2) is 70.7 Å². The van der Waals surface area contributed by atoms with Gasteiger partial charge in [0.25, 0.3) is 0 Å². The molecule has 9 heteroatoms. The molecule has 1 saturated heterocycles. The summed E-state index contributed by atoms with van der Waals surface area (Å²) in [5.74, 6) is -1.41. The van der Waals surface area contributed by atoms with E-state index in [0.29, 0.717) is 24.5 Å². The SMILES string of the molecule is C[C@]12C=CC(=O)C=C1C(F)C[C@H]1[C@@H]3C[C@H]4CN(Cc5ccc(-c6ccccc6)o5)O[C@@]4(C(=O)CO)[C@@]3(C)C[C@H](O)[C@@]12F. The van der Waals surface area contributed by atoms with Crippen molar-refractivity contribution in [2.45, 2.75) is 63.2 Å². The van der Waals surface area contributed by atoms with Gasteiger partial charge in [0.1, 0.15) is 24.3 Å². The lowest BCUT2D eigenvalue weighted by Gasteiger charge is -2.63. The van der Waals surface area contributed by atoms with Crippen molar-refractivity contribution in [1.29, 1.82) is 0 Å². The number of fused-ring (bicyclic) bond motifs is 7. The summed E-state index contributed by atoms with van der Waals surface area (Å²) in [6.07, 6.45) is 0.770. The standard InChI is InChI=1S/C33H35F2NO6/c1-30-11-10-21(38)13-25(30)26(34)14-24-23-12-20-16-36(17-22-8-9-27(41-22)19-6-4-3-5-7-19)42-33(20,29(40)18-37)31(23,2)15-28(39)32(24,30)35/h3-11,13,20,23-24,26,28,37,39H,12,14-18H2,1-2H3/t20-,23-,24-,26?,28-,30-,31-,32-,33-/m0/s1. The third kappa shape index (κ3) is 3.45. The van der Waals surface area contributed by atoms with E-state index in [4.69, 9.17) is 9.25 Å². The van der Waals surface area contributed by atoms with Crippen molar-refractivity contribution in [1.82, 2.24) is 5.06 Å². The van der Waals surface area contributed by atoms with Crippen LogP contribution in [0.25, 0.3) is 11.3 Å². The number of rotatable bonds is 5. The van der Waals surface area contributed by atoms with E-state index in [1.807, 2.05) is 49.4 Å². The lowest BCUT2D eigenvalue weighted by molar-refractivity contribution is -0.270. The molecule has 9 atom stereocenters. The van der Waals surface area contributed by atoms with Gasteiger partial charge < -0.3 is 14.6 Å². The van der Waals surface area contributed by atoms with Gasteiger partial charge in [0.05, 0.1) is 12.6 Å². The van der Waals surface area contributed by atoms with Gasteiger partial charge in [-0.3, -0.25) is 14.4 Å². The highest BCUT2D eigenvalue weighted by molar-refractivity contribution is 6.01. The quantitative estimate of drug-likeness (QED) is 0.537. The van der Waals surface area contributed by atoms with Crippen molar-refractivity contribution in [2.75, 3.05) is 13.2 Å². The highest BCUT2D eigenvalue weighted by Crippen LogP contribution is 2.72. The first-order valence-electron chi connectivity index (χ1n) is 14.7.